The van der Waals surface area contributed by atoms with Gasteiger partial charge in [-0.15, -0.1) is 0 Å². The molecule has 2 aromatic carbocycles. The van der Waals surface area contributed by atoms with Gasteiger partial charge in [0.15, 0.2) is 0 Å². The topological polar surface area (TPSA) is 40.5 Å². The summed E-state index contributed by atoms with van der Waals surface area (Å²) in [5, 5.41) is 10.0. The van der Waals surface area contributed by atoms with Gasteiger partial charge in [0.25, 0.3) is 5.91 Å². The molecule has 0 atom stereocenters. The van der Waals surface area contributed by atoms with Crippen molar-refractivity contribution >= 4 is 12.0 Å². The number of amides is 1. The summed E-state index contributed by atoms with van der Waals surface area (Å²) >= 11 is 0. The number of nitrogens with zero attached hydrogens (tertiary/aromatic N) is 1. The van der Waals surface area contributed by atoms with Gasteiger partial charge in [-0.05, 0) is 29.2 Å². The second-order valence-corrected chi connectivity index (χ2v) is 4.84. The first-order valence-electron chi connectivity index (χ1n) is 6.61. The van der Waals surface area contributed by atoms with Gasteiger partial charge < -0.3 is 0 Å². The Labute approximate surface area is 117 Å². The summed E-state index contributed by atoms with van der Waals surface area (Å²) in [7, 11) is 0. The smallest absolute Gasteiger partial charge is 0.273 e. The summed E-state index contributed by atoms with van der Waals surface area (Å²) in [6.45, 7) is 0.382. The molecular formula is C17H15NO2. The van der Waals surface area contributed by atoms with Crippen molar-refractivity contribution in [3.63, 3.8) is 0 Å². The Hall–Kier alpha value is -2.39. The summed E-state index contributed by atoms with van der Waals surface area (Å²) in [5.74, 6) is -0.294. The highest BCUT2D eigenvalue weighted by Gasteiger charge is 2.23. The Morgan fingerprint density at radius 2 is 1.60 bits per heavy atom. The highest BCUT2D eigenvalue weighted by atomic mass is 16.5. The summed E-state index contributed by atoms with van der Waals surface area (Å²) in [4.78, 5) is 11.6. The lowest BCUT2D eigenvalue weighted by molar-refractivity contribution is -0.154. The normalized spacial score (nSPS) is 16.9. The summed E-state index contributed by atoms with van der Waals surface area (Å²) in [5.41, 5.74) is 3.95. The quantitative estimate of drug-likeness (QED) is 0.668. The maximum absolute atomic E-state index is 11.6. The number of hydrogen-bond acceptors (Lipinski definition) is 2. The summed E-state index contributed by atoms with van der Waals surface area (Å²) in [6.07, 6.45) is 2.43. The molecule has 1 amide bonds. The van der Waals surface area contributed by atoms with E-state index in [9.17, 15) is 10.0 Å². The van der Waals surface area contributed by atoms with Gasteiger partial charge >= 0.3 is 0 Å². The van der Waals surface area contributed by atoms with E-state index in [-0.39, 0.29) is 5.91 Å². The number of hydroxylamine groups is 2. The van der Waals surface area contributed by atoms with Gasteiger partial charge in [-0.25, -0.2) is 5.06 Å². The second kappa shape index (κ2) is 5.31. The highest BCUT2D eigenvalue weighted by Crippen LogP contribution is 2.22. The van der Waals surface area contributed by atoms with Gasteiger partial charge in [-0.3, -0.25) is 10.0 Å². The molecule has 0 spiro atoms. The number of carbonyl (C=O) groups is 1. The third-order valence-corrected chi connectivity index (χ3v) is 3.46. The SMILES string of the molecule is O=C1/C(=C/c2ccc(-c3ccccc3)cc2)CCN1O. The molecule has 1 fully saturated rings. The molecule has 3 rings (SSSR count). The molecule has 2 aromatic rings. The molecule has 1 saturated heterocycles. The van der Waals surface area contributed by atoms with Crippen molar-refractivity contribution in [3.05, 3.63) is 65.7 Å². The zero-order chi connectivity index (χ0) is 13.9. The van der Waals surface area contributed by atoms with E-state index in [1.54, 1.807) is 0 Å². The van der Waals surface area contributed by atoms with Gasteiger partial charge in [0.1, 0.15) is 0 Å². The molecule has 1 heterocycles. The highest BCUT2D eigenvalue weighted by molar-refractivity contribution is 5.99. The van der Waals surface area contributed by atoms with E-state index in [0.29, 0.717) is 18.5 Å². The van der Waals surface area contributed by atoms with Crippen LogP contribution < -0.4 is 0 Å². The molecule has 1 aliphatic rings. The molecule has 100 valence electrons. The molecule has 0 unspecified atom stereocenters. The maximum atomic E-state index is 11.6. The Bertz CT molecular complexity index is 644. The van der Waals surface area contributed by atoms with Crippen LogP contribution in [0.1, 0.15) is 12.0 Å². The zero-order valence-corrected chi connectivity index (χ0v) is 11.0. The van der Waals surface area contributed by atoms with Crippen LogP contribution >= 0.6 is 0 Å². The van der Waals surface area contributed by atoms with Crippen LogP contribution in [0.2, 0.25) is 0 Å². The predicted octanol–water partition coefficient (Wildman–Crippen LogP) is 3.36. The molecule has 20 heavy (non-hydrogen) atoms. The molecule has 0 radical (unpaired) electrons. The van der Waals surface area contributed by atoms with E-state index in [1.807, 2.05) is 48.5 Å². The Morgan fingerprint density at radius 3 is 2.20 bits per heavy atom. The molecular weight excluding hydrogens is 250 g/mol. The van der Waals surface area contributed by atoms with E-state index >= 15 is 0 Å². The van der Waals surface area contributed by atoms with Crippen LogP contribution in [0.4, 0.5) is 0 Å². The standard InChI is InChI=1S/C17H15NO2/c19-17-16(10-11-18(17)20)12-13-6-8-15(9-7-13)14-4-2-1-3-5-14/h1-9,12,20H,10-11H2/b16-12+. The Kier molecular flexibility index (Phi) is 3.35. The van der Waals surface area contributed by atoms with Crippen molar-refractivity contribution in [2.75, 3.05) is 6.54 Å². The van der Waals surface area contributed by atoms with E-state index in [1.165, 1.54) is 5.56 Å². The van der Waals surface area contributed by atoms with E-state index in [2.05, 4.69) is 12.1 Å². The molecule has 0 aromatic heterocycles. The second-order valence-electron chi connectivity index (χ2n) is 4.84. The van der Waals surface area contributed by atoms with Gasteiger partial charge in [0, 0.05) is 5.57 Å². The van der Waals surface area contributed by atoms with E-state index in [0.717, 1.165) is 16.2 Å². The molecule has 1 N–H and O–H groups in total. The number of rotatable bonds is 2. The molecule has 3 nitrogen and oxygen atoms in total. The van der Waals surface area contributed by atoms with E-state index in [4.69, 9.17) is 0 Å². The molecule has 1 aliphatic heterocycles. The molecule has 0 saturated carbocycles. The predicted molar refractivity (Wildman–Crippen MR) is 78.0 cm³/mol. The van der Waals surface area contributed by atoms with Crippen molar-refractivity contribution in [1.29, 1.82) is 0 Å². The van der Waals surface area contributed by atoms with Crippen molar-refractivity contribution in [2.24, 2.45) is 0 Å². The van der Waals surface area contributed by atoms with E-state index < -0.39 is 0 Å². The fourth-order valence-corrected chi connectivity index (χ4v) is 2.34. The van der Waals surface area contributed by atoms with Crippen molar-refractivity contribution in [3.8, 4) is 11.1 Å². The first-order valence-corrected chi connectivity index (χ1v) is 6.61. The minimum atomic E-state index is -0.294. The molecule has 0 aliphatic carbocycles. The lowest BCUT2D eigenvalue weighted by atomic mass is 10.0. The fraction of sp³-hybridized carbons (Fsp3) is 0.118. The minimum Gasteiger partial charge on any atom is -0.286 e. The average Bonchev–Trinajstić information content (AvgIpc) is 2.81. The van der Waals surface area contributed by atoms with Crippen LogP contribution in [0, 0.1) is 0 Å². The van der Waals surface area contributed by atoms with Gasteiger partial charge in [0.2, 0.25) is 0 Å². The van der Waals surface area contributed by atoms with Crippen LogP contribution in [-0.2, 0) is 4.79 Å². The van der Waals surface area contributed by atoms with Crippen LogP contribution in [-0.4, -0.2) is 22.7 Å². The van der Waals surface area contributed by atoms with Crippen molar-refractivity contribution in [2.45, 2.75) is 6.42 Å². The Morgan fingerprint density at radius 1 is 0.950 bits per heavy atom. The van der Waals surface area contributed by atoms with Gasteiger partial charge in [-0.2, -0.15) is 0 Å². The monoisotopic (exact) mass is 265 g/mol. The minimum absolute atomic E-state index is 0.294. The fourth-order valence-electron chi connectivity index (χ4n) is 2.34. The van der Waals surface area contributed by atoms with Crippen LogP contribution in [0.15, 0.2) is 60.2 Å². The van der Waals surface area contributed by atoms with Gasteiger partial charge in [-0.1, -0.05) is 54.6 Å². The molecule has 3 heteroatoms. The Balaban J connectivity index is 1.84. The zero-order valence-electron chi connectivity index (χ0n) is 11.0. The summed E-state index contributed by atoms with van der Waals surface area (Å²) in [6, 6.07) is 18.2. The number of benzene rings is 2. The number of carbonyl (C=O) groups excluding carboxylic acids is 1. The average molecular weight is 265 g/mol. The summed E-state index contributed by atoms with van der Waals surface area (Å²) < 4.78 is 0. The van der Waals surface area contributed by atoms with Crippen molar-refractivity contribution in [1.82, 2.24) is 5.06 Å². The lowest BCUT2D eigenvalue weighted by Crippen LogP contribution is -2.19. The first-order chi connectivity index (χ1) is 9.74. The first kappa shape index (κ1) is 12.6. The molecule has 0 bridgehead atoms. The number of hydrogen-bond donors (Lipinski definition) is 1. The van der Waals surface area contributed by atoms with Crippen molar-refractivity contribution < 1.29 is 10.0 Å². The van der Waals surface area contributed by atoms with Crippen LogP contribution in [0.25, 0.3) is 17.2 Å². The lowest BCUT2D eigenvalue weighted by Gasteiger charge is -2.03. The maximum Gasteiger partial charge on any atom is 0.273 e. The third kappa shape index (κ3) is 2.49. The van der Waals surface area contributed by atoms with Gasteiger partial charge in [0.05, 0.1) is 6.54 Å². The largest absolute Gasteiger partial charge is 0.286 e. The third-order valence-electron chi connectivity index (χ3n) is 3.46. The van der Waals surface area contributed by atoms with Crippen LogP contribution in [0.5, 0.6) is 0 Å². The van der Waals surface area contributed by atoms with Crippen LogP contribution in [0.3, 0.4) is 0 Å².